The zero-order valence-electron chi connectivity index (χ0n) is 10.5. The molecule has 1 aromatic rings. The van der Waals surface area contributed by atoms with Crippen molar-refractivity contribution >= 4 is 16.3 Å². The zero-order valence-corrected chi connectivity index (χ0v) is 11.3. The minimum atomic E-state index is -0.338. The van der Waals surface area contributed by atoms with Gasteiger partial charge in [-0.2, -0.15) is 0 Å². The number of nitro groups is 1. The summed E-state index contributed by atoms with van der Waals surface area (Å²) in [7, 11) is 1.73. The largest absolute Gasteiger partial charge is 0.385 e. The summed E-state index contributed by atoms with van der Waals surface area (Å²) in [4.78, 5) is 10.2. The normalized spacial score (nSPS) is 16.7. The van der Waals surface area contributed by atoms with Crippen LogP contribution in [0.5, 0.6) is 0 Å². The number of rotatable bonds is 8. The smallest absolute Gasteiger partial charge is 0.324 e. The minimum Gasteiger partial charge on any atom is -0.385 e. The van der Waals surface area contributed by atoms with Crippen LogP contribution in [0.2, 0.25) is 0 Å². The molecule has 1 aliphatic rings. The third-order valence-electron chi connectivity index (χ3n) is 3.44. The number of hydrogen-bond donors (Lipinski definition) is 1. The molecule has 1 fully saturated rings. The van der Waals surface area contributed by atoms with E-state index in [4.69, 9.17) is 4.74 Å². The van der Waals surface area contributed by atoms with E-state index in [1.54, 1.807) is 13.2 Å². The topological polar surface area (TPSA) is 64.4 Å². The molecular formula is C12H18N2O3S. The standard InChI is InChI=1S/C12H18N2O3S/c1-17-5-4-12(2-3-12)9-13-7-10-6-11(14(15)16)18-8-10/h6,8,13H,2-5,7,9H2,1H3. The second kappa shape index (κ2) is 5.77. The molecule has 1 aliphatic carbocycles. The number of methoxy groups -OCH3 is 1. The van der Waals surface area contributed by atoms with Gasteiger partial charge in [0.1, 0.15) is 0 Å². The van der Waals surface area contributed by atoms with Gasteiger partial charge in [0.15, 0.2) is 0 Å². The first-order chi connectivity index (χ1) is 8.65. The Bertz CT molecular complexity index is 415. The van der Waals surface area contributed by atoms with Crippen LogP contribution in [0.15, 0.2) is 11.4 Å². The molecule has 1 aromatic heterocycles. The highest BCUT2D eigenvalue weighted by atomic mass is 32.1. The van der Waals surface area contributed by atoms with Crippen molar-refractivity contribution in [3.8, 4) is 0 Å². The Balaban J connectivity index is 1.73. The maximum absolute atomic E-state index is 10.6. The third kappa shape index (κ3) is 3.51. The van der Waals surface area contributed by atoms with E-state index in [2.05, 4.69) is 5.32 Å². The van der Waals surface area contributed by atoms with Crippen molar-refractivity contribution in [3.63, 3.8) is 0 Å². The number of hydrogen-bond acceptors (Lipinski definition) is 5. The Hall–Kier alpha value is -0.980. The molecule has 100 valence electrons. The summed E-state index contributed by atoms with van der Waals surface area (Å²) in [5.74, 6) is 0. The van der Waals surface area contributed by atoms with Gasteiger partial charge in [0.2, 0.25) is 0 Å². The molecule has 0 bridgehead atoms. The predicted octanol–water partition coefficient (Wildman–Crippen LogP) is 2.56. The first-order valence-corrected chi connectivity index (χ1v) is 6.95. The Kier molecular flexibility index (Phi) is 4.31. The van der Waals surface area contributed by atoms with E-state index >= 15 is 0 Å². The van der Waals surface area contributed by atoms with Crippen molar-refractivity contribution in [2.45, 2.75) is 25.8 Å². The fraction of sp³-hybridized carbons (Fsp3) is 0.667. The van der Waals surface area contributed by atoms with Crippen LogP contribution in [0, 0.1) is 15.5 Å². The molecule has 0 aliphatic heterocycles. The van der Waals surface area contributed by atoms with Crippen LogP contribution in [-0.4, -0.2) is 25.2 Å². The van der Waals surface area contributed by atoms with Crippen LogP contribution in [0.3, 0.4) is 0 Å². The molecule has 0 aromatic carbocycles. The molecule has 18 heavy (non-hydrogen) atoms. The van der Waals surface area contributed by atoms with E-state index in [1.807, 2.05) is 5.38 Å². The summed E-state index contributed by atoms with van der Waals surface area (Å²) in [6.07, 6.45) is 3.61. The highest BCUT2D eigenvalue weighted by Crippen LogP contribution is 2.48. The lowest BCUT2D eigenvalue weighted by Crippen LogP contribution is -2.24. The quantitative estimate of drug-likeness (QED) is 0.582. The lowest BCUT2D eigenvalue weighted by molar-refractivity contribution is -0.380. The van der Waals surface area contributed by atoms with E-state index in [9.17, 15) is 10.1 Å². The van der Waals surface area contributed by atoms with Crippen molar-refractivity contribution in [1.29, 1.82) is 0 Å². The fourth-order valence-corrected chi connectivity index (χ4v) is 2.76. The van der Waals surface area contributed by atoms with Crippen LogP contribution in [0.1, 0.15) is 24.8 Å². The fourth-order valence-electron chi connectivity index (χ4n) is 2.03. The summed E-state index contributed by atoms with van der Waals surface area (Å²) in [5.41, 5.74) is 1.41. The van der Waals surface area contributed by atoms with Crippen molar-refractivity contribution in [3.05, 3.63) is 27.1 Å². The van der Waals surface area contributed by atoms with Gasteiger partial charge in [-0.3, -0.25) is 10.1 Å². The number of ether oxygens (including phenoxy) is 1. The Labute approximate surface area is 110 Å². The third-order valence-corrected chi connectivity index (χ3v) is 4.37. The van der Waals surface area contributed by atoms with Crippen LogP contribution < -0.4 is 5.32 Å². The van der Waals surface area contributed by atoms with E-state index in [1.165, 1.54) is 24.2 Å². The number of thiophene rings is 1. The summed E-state index contributed by atoms with van der Waals surface area (Å²) < 4.78 is 5.11. The molecule has 0 saturated heterocycles. The van der Waals surface area contributed by atoms with Crippen molar-refractivity contribution in [2.24, 2.45) is 5.41 Å². The van der Waals surface area contributed by atoms with Gasteiger partial charge >= 0.3 is 5.00 Å². The van der Waals surface area contributed by atoms with Gasteiger partial charge in [-0.15, -0.1) is 0 Å². The van der Waals surface area contributed by atoms with Gasteiger partial charge in [0, 0.05) is 38.3 Å². The van der Waals surface area contributed by atoms with Crippen molar-refractivity contribution in [1.82, 2.24) is 5.32 Å². The van der Waals surface area contributed by atoms with E-state index in [-0.39, 0.29) is 9.92 Å². The lowest BCUT2D eigenvalue weighted by Gasteiger charge is -2.14. The van der Waals surface area contributed by atoms with Crippen LogP contribution >= 0.6 is 11.3 Å². The minimum absolute atomic E-state index is 0.215. The molecule has 0 radical (unpaired) electrons. The average Bonchev–Trinajstić information content (AvgIpc) is 2.94. The van der Waals surface area contributed by atoms with E-state index < -0.39 is 0 Å². The first-order valence-electron chi connectivity index (χ1n) is 6.07. The van der Waals surface area contributed by atoms with Gasteiger partial charge in [-0.1, -0.05) is 11.3 Å². The molecule has 5 nitrogen and oxygen atoms in total. The molecule has 6 heteroatoms. The molecule has 0 spiro atoms. The molecule has 1 heterocycles. The number of nitrogens with one attached hydrogen (secondary N) is 1. The second-order valence-electron chi connectivity index (χ2n) is 4.90. The van der Waals surface area contributed by atoms with Gasteiger partial charge < -0.3 is 10.1 Å². The molecule has 0 unspecified atom stereocenters. The lowest BCUT2D eigenvalue weighted by atomic mass is 10.0. The Morgan fingerprint density at radius 2 is 2.39 bits per heavy atom. The molecule has 0 atom stereocenters. The Morgan fingerprint density at radius 1 is 1.61 bits per heavy atom. The maximum atomic E-state index is 10.6. The summed E-state index contributed by atoms with van der Waals surface area (Å²) in [6.45, 7) is 2.49. The summed E-state index contributed by atoms with van der Waals surface area (Å²) >= 11 is 1.19. The predicted molar refractivity (Wildman–Crippen MR) is 70.8 cm³/mol. The SMILES string of the molecule is COCCC1(CNCc2csc([N+](=O)[O-])c2)CC1. The maximum Gasteiger partial charge on any atom is 0.324 e. The second-order valence-corrected chi connectivity index (χ2v) is 5.79. The number of nitrogens with zero attached hydrogens (tertiary/aromatic N) is 1. The van der Waals surface area contributed by atoms with Crippen LogP contribution in [0.25, 0.3) is 0 Å². The van der Waals surface area contributed by atoms with Crippen molar-refractivity contribution < 1.29 is 9.66 Å². The van der Waals surface area contributed by atoms with Gasteiger partial charge in [-0.25, -0.2) is 0 Å². The van der Waals surface area contributed by atoms with Crippen LogP contribution in [0.4, 0.5) is 5.00 Å². The molecule has 2 rings (SSSR count). The molecule has 1 saturated carbocycles. The van der Waals surface area contributed by atoms with Gasteiger partial charge in [-0.05, 0) is 30.2 Å². The monoisotopic (exact) mass is 270 g/mol. The summed E-state index contributed by atoms with van der Waals surface area (Å²) in [5, 5.41) is 16.0. The average molecular weight is 270 g/mol. The Morgan fingerprint density at radius 3 is 2.94 bits per heavy atom. The summed E-state index contributed by atoms with van der Waals surface area (Å²) in [6, 6.07) is 1.65. The first kappa shape index (κ1) is 13.5. The molecular weight excluding hydrogens is 252 g/mol. The van der Waals surface area contributed by atoms with Gasteiger partial charge in [0.25, 0.3) is 0 Å². The van der Waals surface area contributed by atoms with Gasteiger partial charge in [0.05, 0.1) is 4.92 Å². The molecule has 0 amide bonds. The zero-order chi connectivity index (χ0) is 13.0. The van der Waals surface area contributed by atoms with Crippen LogP contribution in [-0.2, 0) is 11.3 Å². The van der Waals surface area contributed by atoms with E-state index in [0.29, 0.717) is 12.0 Å². The highest BCUT2D eigenvalue weighted by Gasteiger charge is 2.41. The van der Waals surface area contributed by atoms with Crippen molar-refractivity contribution in [2.75, 3.05) is 20.3 Å². The van der Waals surface area contributed by atoms with E-state index in [0.717, 1.165) is 25.1 Å². The highest BCUT2D eigenvalue weighted by molar-refractivity contribution is 7.13. The molecule has 1 N–H and O–H groups in total.